The zero-order chi connectivity index (χ0) is 55.4. The Balaban J connectivity index is 0.812. The molecule has 85 heavy (non-hydrogen) atoms. The van der Waals surface area contributed by atoms with Gasteiger partial charge in [0.25, 0.3) is 0 Å². The number of furan rings is 1. The van der Waals surface area contributed by atoms with E-state index < -0.39 is 0 Å². The Morgan fingerprint density at radius 2 is 0.635 bits per heavy atom. The van der Waals surface area contributed by atoms with Gasteiger partial charge in [0, 0.05) is 87.4 Å². The van der Waals surface area contributed by atoms with Crippen molar-refractivity contribution in [2.24, 2.45) is 0 Å². The molecule has 0 unspecified atom stereocenters. The Kier molecular flexibility index (Phi) is 9.55. The van der Waals surface area contributed by atoms with Gasteiger partial charge >= 0.3 is 0 Å². The predicted molar refractivity (Wildman–Crippen MR) is 357 cm³/mol. The molecule has 0 bridgehead atoms. The Morgan fingerprint density at radius 3 is 1.31 bits per heavy atom. The maximum absolute atomic E-state index is 6.36. The fraction of sp³-hybridized carbons (Fsp3) is 0. The first kappa shape index (κ1) is 46.2. The summed E-state index contributed by atoms with van der Waals surface area (Å²) < 4.78 is 16.3. The Hall–Kier alpha value is -11.4. The standard InChI is InChI=1S/C80H48N4O/c1-3-17-49(18-4-1)51-20-15-25-57(46-51)83-71-42-40-69-75(62-28-9-12-30-67(62)81(69)55-22-5-2-6-23-55)78(71)65-39-35-54-45-53(34-37-60(54)80(65)83)52-21-16-24-56(47-52)82-68-31-13-10-29-63(68)76-70(82)41-43-72-77(76)64-38-33-50-19-7-8-26-59(50)79(64)84(72)58-36-44-74-66(48-58)61-27-11-14-32-73(61)85-74/h1-48H. The van der Waals surface area contributed by atoms with E-state index in [1.807, 2.05) is 6.07 Å². The van der Waals surface area contributed by atoms with Crippen molar-refractivity contribution >= 4 is 131 Å². The van der Waals surface area contributed by atoms with Crippen molar-refractivity contribution < 1.29 is 4.42 Å². The van der Waals surface area contributed by atoms with Gasteiger partial charge < -0.3 is 22.7 Å². The Labute approximate surface area is 486 Å². The zero-order valence-electron chi connectivity index (χ0n) is 45.9. The van der Waals surface area contributed by atoms with Gasteiger partial charge in [-0.2, -0.15) is 0 Å². The SMILES string of the molecule is c1ccc(-c2cccc(-n3c4ccc5c(c6ccccc6n5-c5ccccc5)c4c4ccc5cc(-c6cccc(-n7c8ccccc8c8c9c%10ccc%11ccccc%11c%10n(-c%10ccc%11oc%12ccccc%12c%11c%10)c9ccc87)c6)ccc5c43)c2)cc1. The number of hydrogen-bond acceptors (Lipinski definition) is 1. The minimum atomic E-state index is 0.889. The van der Waals surface area contributed by atoms with Crippen LogP contribution in [0.4, 0.5) is 0 Å². The molecule has 0 aliphatic heterocycles. The Morgan fingerprint density at radius 1 is 0.200 bits per heavy atom. The van der Waals surface area contributed by atoms with Gasteiger partial charge in [-0.25, -0.2) is 0 Å². The van der Waals surface area contributed by atoms with Gasteiger partial charge in [-0.15, -0.1) is 0 Å². The fourth-order valence-corrected chi connectivity index (χ4v) is 14.7. The minimum absolute atomic E-state index is 0.889. The summed E-state index contributed by atoms with van der Waals surface area (Å²) in [5.74, 6) is 0. The van der Waals surface area contributed by atoms with Gasteiger partial charge in [0.2, 0.25) is 0 Å². The molecule has 394 valence electrons. The Bertz CT molecular complexity index is 6030. The number of benzene rings is 14. The highest BCUT2D eigenvalue weighted by Gasteiger charge is 2.25. The van der Waals surface area contributed by atoms with Crippen LogP contribution in [0.25, 0.3) is 176 Å². The molecule has 0 saturated heterocycles. The van der Waals surface area contributed by atoms with Crippen LogP contribution >= 0.6 is 0 Å². The first-order valence-electron chi connectivity index (χ1n) is 29.2. The summed E-state index contributed by atoms with van der Waals surface area (Å²) in [5, 5.41) is 17.0. The third-order valence-electron chi connectivity index (χ3n) is 18.3. The monoisotopic (exact) mass is 1080 g/mol. The maximum Gasteiger partial charge on any atom is 0.135 e. The molecule has 0 amide bonds. The summed E-state index contributed by atoms with van der Waals surface area (Å²) in [6.45, 7) is 0. The van der Waals surface area contributed by atoms with Gasteiger partial charge in [-0.1, -0.05) is 188 Å². The molecule has 5 heteroatoms. The van der Waals surface area contributed by atoms with Crippen LogP contribution < -0.4 is 0 Å². The molecule has 5 heterocycles. The van der Waals surface area contributed by atoms with E-state index >= 15 is 0 Å². The van der Waals surface area contributed by atoms with Crippen molar-refractivity contribution in [3.05, 3.63) is 291 Å². The molecule has 5 aromatic heterocycles. The second-order valence-electron chi connectivity index (χ2n) is 22.7. The maximum atomic E-state index is 6.36. The molecule has 0 aliphatic carbocycles. The molecule has 19 aromatic rings. The molecule has 0 saturated carbocycles. The highest BCUT2D eigenvalue weighted by Crippen LogP contribution is 2.48. The first-order chi connectivity index (χ1) is 42.2. The third kappa shape index (κ3) is 6.57. The summed E-state index contributed by atoms with van der Waals surface area (Å²) >= 11 is 0. The van der Waals surface area contributed by atoms with Crippen LogP contribution in [0.3, 0.4) is 0 Å². The predicted octanol–water partition coefficient (Wildman–Crippen LogP) is 21.6. The van der Waals surface area contributed by atoms with Crippen LogP contribution in [0.5, 0.6) is 0 Å². The summed E-state index contributed by atoms with van der Waals surface area (Å²) in [6, 6.07) is 107. The topological polar surface area (TPSA) is 32.9 Å². The van der Waals surface area contributed by atoms with E-state index in [9.17, 15) is 0 Å². The van der Waals surface area contributed by atoms with Crippen molar-refractivity contribution in [1.29, 1.82) is 0 Å². The van der Waals surface area contributed by atoms with Crippen LogP contribution in [0, 0.1) is 0 Å². The molecule has 0 radical (unpaired) electrons. The highest BCUT2D eigenvalue weighted by molar-refractivity contribution is 6.33. The molecule has 19 rings (SSSR count). The minimum Gasteiger partial charge on any atom is -0.456 e. The van der Waals surface area contributed by atoms with Crippen LogP contribution in [0.2, 0.25) is 0 Å². The lowest BCUT2D eigenvalue weighted by atomic mass is 9.98. The van der Waals surface area contributed by atoms with Crippen LogP contribution in [0.1, 0.15) is 0 Å². The summed E-state index contributed by atoms with van der Waals surface area (Å²) in [4.78, 5) is 0. The molecule has 14 aromatic carbocycles. The van der Waals surface area contributed by atoms with Crippen LogP contribution in [-0.2, 0) is 0 Å². The van der Waals surface area contributed by atoms with Crippen LogP contribution in [0.15, 0.2) is 296 Å². The summed E-state index contributed by atoms with van der Waals surface area (Å²) in [5.41, 5.74) is 20.4. The number of para-hydroxylation sites is 4. The van der Waals surface area contributed by atoms with Crippen molar-refractivity contribution in [1.82, 2.24) is 18.3 Å². The molecule has 0 aliphatic rings. The van der Waals surface area contributed by atoms with Crippen molar-refractivity contribution in [3.8, 4) is 45.0 Å². The highest BCUT2D eigenvalue weighted by atomic mass is 16.3. The van der Waals surface area contributed by atoms with Gasteiger partial charge in [-0.05, 0) is 136 Å². The van der Waals surface area contributed by atoms with E-state index in [0.717, 1.165) is 55.8 Å². The number of rotatable bonds is 6. The lowest BCUT2D eigenvalue weighted by Gasteiger charge is -2.13. The molecular weight excluding hydrogens is 1030 g/mol. The largest absolute Gasteiger partial charge is 0.456 e. The van der Waals surface area contributed by atoms with E-state index in [-0.39, 0.29) is 0 Å². The molecule has 0 spiro atoms. The summed E-state index contributed by atoms with van der Waals surface area (Å²) in [6.07, 6.45) is 0. The van der Waals surface area contributed by atoms with Gasteiger partial charge in [-0.3, -0.25) is 0 Å². The zero-order valence-corrected chi connectivity index (χ0v) is 45.9. The second kappa shape index (κ2) is 17.6. The van der Waals surface area contributed by atoms with Gasteiger partial charge in [0.15, 0.2) is 0 Å². The molecule has 5 nitrogen and oxygen atoms in total. The normalized spacial score (nSPS) is 12.2. The van der Waals surface area contributed by atoms with E-state index in [2.05, 4.69) is 303 Å². The van der Waals surface area contributed by atoms with Crippen molar-refractivity contribution in [2.45, 2.75) is 0 Å². The fourth-order valence-electron chi connectivity index (χ4n) is 14.7. The lowest BCUT2D eigenvalue weighted by molar-refractivity contribution is 0.669. The van der Waals surface area contributed by atoms with E-state index in [4.69, 9.17) is 4.42 Å². The number of fused-ring (bicyclic) bond motifs is 21. The van der Waals surface area contributed by atoms with Gasteiger partial charge in [0.1, 0.15) is 11.2 Å². The van der Waals surface area contributed by atoms with E-state index in [1.54, 1.807) is 0 Å². The van der Waals surface area contributed by atoms with E-state index in [1.165, 1.54) is 120 Å². The molecule has 0 atom stereocenters. The number of hydrogen-bond donors (Lipinski definition) is 0. The number of nitrogens with zero attached hydrogens (tertiary/aromatic N) is 4. The molecule has 0 fully saturated rings. The quantitative estimate of drug-likeness (QED) is 0.163. The average molecular weight is 1080 g/mol. The number of aromatic nitrogens is 4. The van der Waals surface area contributed by atoms with Crippen LogP contribution in [-0.4, -0.2) is 18.3 Å². The average Bonchev–Trinajstić information content (AvgIpc) is 1.79. The first-order valence-corrected chi connectivity index (χ1v) is 29.2. The summed E-state index contributed by atoms with van der Waals surface area (Å²) in [7, 11) is 0. The lowest BCUT2D eigenvalue weighted by Crippen LogP contribution is -1.96. The van der Waals surface area contributed by atoms with Crippen molar-refractivity contribution in [2.75, 3.05) is 0 Å². The smallest absolute Gasteiger partial charge is 0.135 e. The van der Waals surface area contributed by atoms with E-state index in [0.29, 0.717) is 0 Å². The second-order valence-corrected chi connectivity index (χ2v) is 22.7. The van der Waals surface area contributed by atoms with Gasteiger partial charge in [0.05, 0.1) is 44.1 Å². The third-order valence-corrected chi connectivity index (χ3v) is 18.3. The molecule has 0 N–H and O–H groups in total. The van der Waals surface area contributed by atoms with Crippen molar-refractivity contribution in [3.63, 3.8) is 0 Å². The molecular formula is C80H48N4O.